The molecule has 1 saturated heterocycles. The lowest BCUT2D eigenvalue weighted by Crippen LogP contribution is -2.46. The van der Waals surface area contributed by atoms with Crippen molar-refractivity contribution in [2.45, 2.75) is 26.3 Å². The average Bonchev–Trinajstić information content (AvgIpc) is 2.75. The Morgan fingerprint density at radius 1 is 1.25 bits per heavy atom. The molecule has 0 spiro atoms. The molecule has 1 N–H and O–H groups in total. The van der Waals surface area contributed by atoms with Gasteiger partial charge in [-0.1, -0.05) is 24.3 Å². The number of piperidine rings is 1. The molecule has 1 aromatic carbocycles. The van der Waals surface area contributed by atoms with Crippen LogP contribution in [0.3, 0.4) is 0 Å². The molecule has 0 atom stereocenters. The first kappa shape index (κ1) is 19.9. The van der Waals surface area contributed by atoms with E-state index in [-0.39, 0.29) is 11.9 Å². The monoisotopic (exact) mass is 380 g/mol. The Bertz CT molecular complexity index is 799. The van der Waals surface area contributed by atoms with Crippen molar-refractivity contribution < 1.29 is 9.53 Å². The lowest BCUT2D eigenvalue weighted by atomic mass is 9.97. The standard InChI is InChI=1S/C22H28N4O2/c1-3-28-21(27)18-10-13-26(14-11-18)22(23-2)25-16-17-7-6-8-19(15-17)20-9-4-5-12-24-20/h4-9,12,15,18H,3,10-11,13-14,16H2,1-2H3,(H,23,25). The number of rotatable bonds is 5. The Morgan fingerprint density at radius 3 is 2.75 bits per heavy atom. The van der Waals surface area contributed by atoms with E-state index in [1.807, 2.05) is 31.3 Å². The van der Waals surface area contributed by atoms with Crippen molar-refractivity contribution >= 4 is 11.9 Å². The quantitative estimate of drug-likeness (QED) is 0.490. The summed E-state index contributed by atoms with van der Waals surface area (Å²) in [5, 5.41) is 3.44. The first-order chi connectivity index (χ1) is 13.7. The topological polar surface area (TPSA) is 66.8 Å². The molecule has 0 unspecified atom stereocenters. The van der Waals surface area contributed by atoms with Gasteiger partial charge in [0.05, 0.1) is 18.2 Å². The van der Waals surface area contributed by atoms with Crippen LogP contribution in [-0.2, 0) is 16.1 Å². The minimum atomic E-state index is -0.0727. The van der Waals surface area contributed by atoms with Crippen LogP contribution in [0.15, 0.2) is 53.7 Å². The van der Waals surface area contributed by atoms with E-state index in [9.17, 15) is 4.79 Å². The molecule has 0 amide bonds. The molecule has 0 bridgehead atoms. The SMILES string of the molecule is CCOC(=O)C1CCN(C(=NC)NCc2cccc(-c3ccccn3)c2)CC1. The molecule has 28 heavy (non-hydrogen) atoms. The summed E-state index contributed by atoms with van der Waals surface area (Å²) in [6.45, 7) is 4.58. The Kier molecular flexibility index (Phi) is 7.00. The largest absolute Gasteiger partial charge is 0.466 e. The van der Waals surface area contributed by atoms with Gasteiger partial charge in [0.1, 0.15) is 0 Å². The molecule has 6 heteroatoms. The molecule has 0 radical (unpaired) electrons. The lowest BCUT2D eigenvalue weighted by Gasteiger charge is -2.33. The fourth-order valence-corrected chi connectivity index (χ4v) is 3.47. The number of hydrogen-bond donors (Lipinski definition) is 1. The maximum atomic E-state index is 11.9. The molecule has 1 aliphatic heterocycles. The molecule has 3 rings (SSSR count). The van der Waals surface area contributed by atoms with Crippen molar-refractivity contribution in [1.82, 2.24) is 15.2 Å². The number of guanidine groups is 1. The van der Waals surface area contributed by atoms with E-state index < -0.39 is 0 Å². The molecule has 2 aromatic rings. The predicted octanol–water partition coefficient (Wildman–Crippen LogP) is 3.10. The van der Waals surface area contributed by atoms with Crippen LogP contribution in [0.4, 0.5) is 0 Å². The molecular formula is C22H28N4O2. The van der Waals surface area contributed by atoms with Crippen molar-refractivity contribution in [3.8, 4) is 11.3 Å². The smallest absolute Gasteiger partial charge is 0.309 e. The maximum Gasteiger partial charge on any atom is 0.309 e. The molecule has 1 fully saturated rings. The van der Waals surface area contributed by atoms with Gasteiger partial charge >= 0.3 is 5.97 Å². The number of likely N-dealkylation sites (tertiary alicyclic amines) is 1. The lowest BCUT2D eigenvalue weighted by molar-refractivity contribution is -0.149. The highest BCUT2D eigenvalue weighted by molar-refractivity contribution is 5.80. The van der Waals surface area contributed by atoms with Crippen molar-refractivity contribution in [1.29, 1.82) is 0 Å². The highest BCUT2D eigenvalue weighted by Crippen LogP contribution is 2.20. The molecule has 148 valence electrons. The second kappa shape index (κ2) is 9.88. The summed E-state index contributed by atoms with van der Waals surface area (Å²) < 4.78 is 5.15. The number of nitrogens with zero attached hydrogens (tertiary/aromatic N) is 3. The van der Waals surface area contributed by atoms with Crippen LogP contribution in [0.25, 0.3) is 11.3 Å². The molecule has 1 aliphatic rings. The van der Waals surface area contributed by atoms with Gasteiger partial charge in [0.25, 0.3) is 0 Å². The first-order valence-corrected chi connectivity index (χ1v) is 9.84. The Balaban J connectivity index is 1.56. The molecule has 0 saturated carbocycles. The number of pyridine rings is 1. The summed E-state index contributed by atoms with van der Waals surface area (Å²) in [7, 11) is 1.80. The van der Waals surface area contributed by atoms with E-state index in [1.165, 1.54) is 5.56 Å². The number of carbonyl (C=O) groups is 1. The van der Waals surface area contributed by atoms with Crippen LogP contribution >= 0.6 is 0 Å². The molecule has 1 aromatic heterocycles. The van der Waals surface area contributed by atoms with Gasteiger partial charge in [-0.25, -0.2) is 0 Å². The second-order valence-electron chi connectivity index (χ2n) is 6.83. The summed E-state index contributed by atoms with van der Waals surface area (Å²) in [6, 6.07) is 14.3. The van der Waals surface area contributed by atoms with Gasteiger partial charge < -0.3 is 15.0 Å². The third-order valence-electron chi connectivity index (χ3n) is 4.96. The van der Waals surface area contributed by atoms with Gasteiger partial charge in [0.2, 0.25) is 0 Å². The number of nitrogens with one attached hydrogen (secondary N) is 1. The van der Waals surface area contributed by atoms with Gasteiger partial charge in [0.15, 0.2) is 5.96 Å². The van der Waals surface area contributed by atoms with Gasteiger partial charge in [-0.15, -0.1) is 0 Å². The van der Waals surface area contributed by atoms with Crippen LogP contribution in [0.1, 0.15) is 25.3 Å². The fraction of sp³-hybridized carbons (Fsp3) is 0.409. The number of hydrogen-bond acceptors (Lipinski definition) is 4. The van der Waals surface area contributed by atoms with Crippen LogP contribution in [0.5, 0.6) is 0 Å². The Labute approximate surface area is 166 Å². The van der Waals surface area contributed by atoms with Gasteiger partial charge in [-0.3, -0.25) is 14.8 Å². The zero-order valence-corrected chi connectivity index (χ0v) is 16.6. The highest BCUT2D eigenvalue weighted by atomic mass is 16.5. The van der Waals surface area contributed by atoms with Crippen LogP contribution in [0, 0.1) is 5.92 Å². The van der Waals surface area contributed by atoms with Gasteiger partial charge in [-0.05, 0) is 43.5 Å². The number of esters is 1. The number of benzene rings is 1. The number of aromatic nitrogens is 1. The minimum Gasteiger partial charge on any atom is -0.466 e. The van der Waals surface area contributed by atoms with E-state index in [2.05, 4.69) is 44.5 Å². The summed E-state index contributed by atoms with van der Waals surface area (Å²) >= 11 is 0. The van der Waals surface area contributed by atoms with E-state index in [0.717, 1.165) is 43.1 Å². The highest BCUT2D eigenvalue weighted by Gasteiger charge is 2.27. The normalized spacial score (nSPS) is 15.4. The van der Waals surface area contributed by atoms with Crippen molar-refractivity contribution in [3.63, 3.8) is 0 Å². The Morgan fingerprint density at radius 2 is 2.07 bits per heavy atom. The molecule has 2 heterocycles. The number of ether oxygens (including phenoxy) is 1. The average molecular weight is 380 g/mol. The summed E-state index contributed by atoms with van der Waals surface area (Å²) in [4.78, 5) is 23.0. The first-order valence-electron chi connectivity index (χ1n) is 9.84. The zero-order valence-electron chi connectivity index (χ0n) is 16.6. The molecule has 0 aliphatic carbocycles. The van der Waals surface area contributed by atoms with Crippen molar-refractivity contribution in [3.05, 3.63) is 54.2 Å². The summed E-state index contributed by atoms with van der Waals surface area (Å²) in [5.74, 6) is 0.798. The van der Waals surface area contributed by atoms with Crippen LogP contribution < -0.4 is 5.32 Å². The predicted molar refractivity (Wildman–Crippen MR) is 111 cm³/mol. The molecule has 6 nitrogen and oxygen atoms in total. The number of aliphatic imine (C=N–C) groups is 1. The second-order valence-corrected chi connectivity index (χ2v) is 6.83. The van der Waals surface area contributed by atoms with E-state index in [1.54, 1.807) is 7.05 Å². The van der Waals surface area contributed by atoms with Crippen LogP contribution in [-0.4, -0.2) is 48.6 Å². The Hall–Kier alpha value is -2.89. The zero-order chi connectivity index (χ0) is 19.8. The van der Waals surface area contributed by atoms with E-state index in [4.69, 9.17) is 4.74 Å². The van der Waals surface area contributed by atoms with Crippen molar-refractivity contribution in [2.75, 3.05) is 26.7 Å². The third kappa shape index (κ3) is 5.09. The molecular weight excluding hydrogens is 352 g/mol. The van der Waals surface area contributed by atoms with Gasteiger partial charge in [-0.2, -0.15) is 0 Å². The maximum absolute atomic E-state index is 11.9. The van der Waals surface area contributed by atoms with Crippen LogP contribution in [0.2, 0.25) is 0 Å². The van der Waals surface area contributed by atoms with E-state index in [0.29, 0.717) is 13.2 Å². The summed E-state index contributed by atoms with van der Waals surface area (Å²) in [6.07, 6.45) is 3.41. The minimum absolute atomic E-state index is 0.00404. The van der Waals surface area contributed by atoms with E-state index >= 15 is 0 Å². The third-order valence-corrected chi connectivity index (χ3v) is 4.96. The summed E-state index contributed by atoms with van der Waals surface area (Å²) in [5.41, 5.74) is 3.24. The van der Waals surface area contributed by atoms with Gasteiger partial charge in [0, 0.05) is 38.4 Å². The fourth-order valence-electron chi connectivity index (χ4n) is 3.47. The van der Waals surface area contributed by atoms with Crippen molar-refractivity contribution in [2.24, 2.45) is 10.9 Å². The number of carbonyl (C=O) groups excluding carboxylic acids is 1.